The molecule has 0 aliphatic carbocycles. The van der Waals surface area contributed by atoms with Crippen LogP contribution in [0.3, 0.4) is 0 Å². The maximum Gasteiger partial charge on any atom is 0.240 e. The highest BCUT2D eigenvalue weighted by Crippen LogP contribution is 2.10. The molecule has 0 aliphatic rings. The van der Waals surface area contributed by atoms with Gasteiger partial charge in [-0.15, -0.1) is 0 Å². The second-order valence-electron chi connectivity index (χ2n) is 6.07. The lowest BCUT2D eigenvalue weighted by Crippen LogP contribution is -2.37. The fraction of sp³-hybridized carbons (Fsp3) is 0.588. The number of nitrogens with zero attached hydrogens (tertiary/aromatic N) is 1. The molecule has 0 heterocycles. The average Bonchev–Trinajstić information content (AvgIpc) is 2.58. The molecular weight excluding hydrogens is 340 g/mol. The summed E-state index contributed by atoms with van der Waals surface area (Å²) in [6.45, 7) is 6.38. The molecule has 1 aromatic carbocycles. The minimum atomic E-state index is -3.49. The Morgan fingerprint density at radius 1 is 1.16 bits per heavy atom. The molecule has 0 saturated carbocycles. The molecule has 0 amide bonds. The molecule has 7 nitrogen and oxygen atoms in total. The van der Waals surface area contributed by atoms with E-state index in [1.54, 1.807) is 31.3 Å². The Kier molecular flexibility index (Phi) is 9.48. The van der Waals surface area contributed by atoms with Crippen LogP contribution in [-0.4, -0.2) is 48.2 Å². The maximum absolute atomic E-state index is 12.1. The lowest BCUT2D eigenvalue weighted by atomic mass is 10.1. The second kappa shape index (κ2) is 11.1. The molecule has 0 fully saturated rings. The molecule has 0 unspecified atom stereocenters. The van der Waals surface area contributed by atoms with Gasteiger partial charge in [0.15, 0.2) is 5.96 Å². The van der Waals surface area contributed by atoms with Crippen LogP contribution in [0.15, 0.2) is 34.2 Å². The van der Waals surface area contributed by atoms with E-state index in [1.807, 2.05) is 0 Å². The molecule has 0 bridgehead atoms. The van der Waals surface area contributed by atoms with Crippen LogP contribution in [0.1, 0.15) is 25.8 Å². The second-order valence-corrected chi connectivity index (χ2v) is 7.84. The van der Waals surface area contributed by atoms with E-state index in [2.05, 4.69) is 34.2 Å². The molecule has 0 radical (unpaired) electrons. The fourth-order valence-electron chi connectivity index (χ4n) is 2.03. The van der Waals surface area contributed by atoms with Crippen LogP contribution < -0.4 is 15.4 Å². The van der Waals surface area contributed by atoms with Crippen molar-refractivity contribution in [1.29, 1.82) is 0 Å². The number of sulfonamides is 1. The van der Waals surface area contributed by atoms with Crippen molar-refractivity contribution in [3.05, 3.63) is 29.8 Å². The van der Waals surface area contributed by atoms with E-state index < -0.39 is 10.0 Å². The van der Waals surface area contributed by atoms with Gasteiger partial charge in [-0.2, -0.15) is 0 Å². The highest BCUT2D eigenvalue weighted by molar-refractivity contribution is 7.89. The van der Waals surface area contributed by atoms with Gasteiger partial charge in [-0.3, -0.25) is 4.99 Å². The smallest absolute Gasteiger partial charge is 0.240 e. The third-order valence-electron chi connectivity index (χ3n) is 3.53. The highest BCUT2D eigenvalue weighted by Gasteiger charge is 2.12. The Morgan fingerprint density at radius 3 is 2.40 bits per heavy atom. The molecule has 0 spiro atoms. The molecule has 0 aliphatic heterocycles. The largest absolute Gasteiger partial charge is 0.383 e. The summed E-state index contributed by atoms with van der Waals surface area (Å²) < 4.78 is 31.5. The molecule has 142 valence electrons. The first kappa shape index (κ1) is 21.4. The van der Waals surface area contributed by atoms with Crippen molar-refractivity contribution in [3.63, 3.8) is 0 Å². The van der Waals surface area contributed by atoms with Gasteiger partial charge in [0.25, 0.3) is 0 Å². The summed E-state index contributed by atoms with van der Waals surface area (Å²) in [6.07, 6.45) is 1.07. The summed E-state index contributed by atoms with van der Waals surface area (Å²) >= 11 is 0. The molecule has 3 N–H and O–H groups in total. The Bertz CT molecular complexity index is 628. The Labute approximate surface area is 151 Å². The van der Waals surface area contributed by atoms with E-state index in [9.17, 15) is 8.42 Å². The average molecular weight is 371 g/mol. The molecule has 8 heteroatoms. The summed E-state index contributed by atoms with van der Waals surface area (Å²) in [4.78, 5) is 4.42. The summed E-state index contributed by atoms with van der Waals surface area (Å²) in [5.74, 6) is 1.37. The minimum Gasteiger partial charge on any atom is -0.383 e. The number of benzene rings is 1. The number of aliphatic imine (C=N–C) groups is 1. The van der Waals surface area contributed by atoms with Crippen LogP contribution in [0.25, 0.3) is 0 Å². The van der Waals surface area contributed by atoms with Gasteiger partial charge in [0.2, 0.25) is 10.0 Å². The number of rotatable bonds is 10. The molecule has 0 saturated heterocycles. The lowest BCUT2D eigenvalue weighted by molar-refractivity contribution is 0.204. The third kappa shape index (κ3) is 8.33. The number of nitrogens with one attached hydrogen (secondary N) is 3. The Hall–Kier alpha value is -1.64. The first-order chi connectivity index (χ1) is 11.9. The monoisotopic (exact) mass is 370 g/mol. The van der Waals surface area contributed by atoms with Gasteiger partial charge in [-0.25, -0.2) is 13.1 Å². The van der Waals surface area contributed by atoms with Crippen LogP contribution in [0.2, 0.25) is 0 Å². The van der Waals surface area contributed by atoms with Crippen molar-refractivity contribution in [1.82, 2.24) is 15.4 Å². The first-order valence-corrected chi connectivity index (χ1v) is 9.89. The van der Waals surface area contributed by atoms with Gasteiger partial charge in [0, 0.05) is 33.8 Å². The van der Waals surface area contributed by atoms with E-state index in [4.69, 9.17) is 4.74 Å². The van der Waals surface area contributed by atoms with Crippen molar-refractivity contribution >= 4 is 16.0 Å². The number of guanidine groups is 1. The van der Waals surface area contributed by atoms with Crippen LogP contribution >= 0.6 is 0 Å². The van der Waals surface area contributed by atoms with Gasteiger partial charge in [0.1, 0.15) is 0 Å². The van der Waals surface area contributed by atoms with Crippen molar-refractivity contribution in [2.45, 2.75) is 31.7 Å². The number of hydrogen-bond donors (Lipinski definition) is 3. The van der Waals surface area contributed by atoms with E-state index >= 15 is 0 Å². The van der Waals surface area contributed by atoms with Gasteiger partial charge in [-0.05, 0) is 30.0 Å². The molecular formula is C17H30N4O3S. The molecule has 1 rings (SSSR count). The topological polar surface area (TPSA) is 91.8 Å². The highest BCUT2D eigenvalue weighted by atomic mass is 32.2. The summed E-state index contributed by atoms with van der Waals surface area (Å²) in [5, 5.41) is 6.47. The predicted molar refractivity (Wildman–Crippen MR) is 101 cm³/mol. The Morgan fingerprint density at radius 2 is 1.84 bits per heavy atom. The summed E-state index contributed by atoms with van der Waals surface area (Å²) in [7, 11) is -0.234. The van der Waals surface area contributed by atoms with Crippen LogP contribution in [-0.2, 0) is 21.3 Å². The van der Waals surface area contributed by atoms with Crippen molar-refractivity contribution in [2.75, 3.05) is 33.9 Å². The zero-order valence-electron chi connectivity index (χ0n) is 15.5. The quantitative estimate of drug-likeness (QED) is 0.328. The molecule has 0 aromatic heterocycles. The van der Waals surface area contributed by atoms with Crippen molar-refractivity contribution in [2.24, 2.45) is 10.9 Å². The number of methoxy groups -OCH3 is 1. The van der Waals surface area contributed by atoms with Gasteiger partial charge in [0.05, 0.1) is 11.5 Å². The fourth-order valence-corrected chi connectivity index (χ4v) is 3.05. The predicted octanol–water partition coefficient (Wildman–Crippen LogP) is 1.32. The van der Waals surface area contributed by atoms with Crippen molar-refractivity contribution in [3.8, 4) is 0 Å². The van der Waals surface area contributed by atoms with Gasteiger partial charge < -0.3 is 15.4 Å². The Balaban J connectivity index is 2.53. The first-order valence-electron chi connectivity index (χ1n) is 8.41. The molecule has 1 aromatic rings. The van der Waals surface area contributed by atoms with E-state index in [1.165, 1.54) is 7.11 Å². The maximum atomic E-state index is 12.1. The number of hydrogen-bond acceptors (Lipinski definition) is 4. The normalized spacial score (nSPS) is 12.4. The van der Waals surface area contributed by atoms with E-state index in [-0.39, 0.29) is 11.4 Å². The summed E-state index contributed by atoms with van der Waals surface area (Å²) in [6, 6.07) is 6.78. The SMILES string of the molecule is CN=C(NCCC(C)C)NCc1ccc(S(=O)(=O)NCCOC)cc1. The van der Waals surface area contributed by atoms with E-state index in [0.717, 1.165) is 24.5 Å². The van der Waals surface area contributed by atoms with Crippen LogP contribution in [0.4, 0.5) is 0 Å². The lowest BCUT2D eigenvalue weighted by Gasteiger charge is -2.13. The standard InChI is InChI=1S/C17H30N4O3S/c1-14(2)9-10-19-17(18-3)20-13-15-5-7-16(8-6-15)25(22,23)21-11-12-24-4/h5-8,14,21H,9-13H2,1-4H3,(H2,18,19,20). The van der Waals surface area contributed by atoms with Gasteiger partial charge >= 0.3 is 0 Å². The van der Waals surface area contributed by atoms with Crippen LogP contribution in [0, 0.1) is 5.92 Å². The van der Waals surface area contributed by atoms with Crippen molar-refractivity contribution < 1.29 is 13.2 Å². The zero-order valence-corrected chi connectivity index (χ0v) is 16.3. The van der Waals surface area contributed by atoms with Gasteiger partial charge in [-0.1, -0.05) is 26.0 Å². The van der Waals surface area contributed by atoms with Crippen LogP contribution in [0.5, 0.6) is 0 Å². The summed E-state index contributed by atoms with van der Waals surface area (Å²) in [5.41, 5.74) is 0.975. The third-order valence-corrected chi connectivity index (χ3v) is 5.01. The number of ether oxygens (including phenoxy) is 1. The molecule has 25 heavy (non-hydrogen) atoms. The zero-order chi connectivity index (χ0) is 18.7. The minimum absolute atomic E-state index is 0.242. The van der Waals surface area contributed by atoms with E-state index in [0.29, 0.717) is 19.1 Å². The molecule has 0 atom stereocenters.